The minimum absolute atomic E-state index is 0.511. The normalized spacial score (nSPS) is 11.5. The minimum Gasteiger partial charge on any atom is -0.491 e. The molecule has 5 heteroatoms. The van der Waals surface area contributed by atoms with E-state index in [2.05, 4.69) is 10.3 Å². The molecule has 18 heavy (non-hydrogen) atoms. The molecule has 0 spiro atoms. The number of benzene rings is 1. The molecule has 5 nitrogen and oxygen atoms in total. The van der Waals surface area contributed by atoms with Crippen LogP contribution in [0.5, 0.6) is 5.75 Å². The first-order chi connectivity index (χ1) is 8.81. The molecular weight excluding hydrogens is 230 g/mol. The van der Waals surface area contributed by atoms with Gasteiger partial charge in [-0.15, -0.1) is 0 Å². The first-order valence-electron chi connectivity index (χ1n) is 5.69. The summed E-state index contributed by atoms with van der Waals surface area (Å²) < 4.78 is 7.48. The second kappa shape index (κ2) is 5.86. The summed E-state index contributed by atoms with van der Waals surface area (Å²) in [5.41, 5.74) is 1.32. The summed E-state index contributed by atoms with van der Waals surface area (Å²) in [7, 11) is 0. The van der Waals surface area contributed by atoms with Crippen LogP contribution in [0.1, 0.15) is 12.5 Å². The van der Waals surface area contributed by atoms with Gasteiger partial charge in [-0.2, -0.15) is 5.10 Å². The molecule has 2 aromatic rings. The van der Waals surface area contributed by atoms with E-state index in [0.29, 0.717) is 24.6 Å². The van der Waals surface area contributed by atoms with Crippen molar-refractivity contribution in [3.63, 3.8) is 0 Å². The van der Waals surface area contributed by atoms with Crippen LogP contribution in [0, 0.1) is 0 Å². The third-order valence-corrected chi connectivity index (χ3v) is 2.56. The van der Waals surface area contributed by atoms with E-state index in [0.717, 1.165) is 5.56 Å². The van der Waals surface area contributed by atoms with Crippen molar-refractivity contribution in [2.75, 3.05) is 6.61 Å². The molecule has 0 unspecified atom stereocenters. The molecule has 1 N–H and O–H groups in total. The number of aromatic nitrogens is 2. The van der Waals surface area contributed by atoms with Gasteiger partial charge in [-0.05, 0) is 25.1 Å². The molecule has 1 heterocycles. The van der Waals surface area contributed by atoms with Crippen LogP contribution < -0.4 is 4.74 Å². The van der Waals surface area contributed by atoms with Crippen LogP contribution >= 0.6 is 0 Å². The molecule has 1 aromatic heterocycles. The molecular formula is C13H15N3O2. The van der Waals surface area contributed by atoms with Crippen molar-refractivity contribution in [1.82, 2.24) is 9.78 Å². The molecule has 0 aliphatic carbocycles. The van der Waals surface area contributed by atoms with Crippen molar-refractivity contribution in [3.05, 3.63) is 48.3 Å². The quantitative estimate of drug-likeness (QED) is 0.499. The van der Waals surface area contributed by atoms with E-state index < -0.39 is 0 Å². The van der Waals surface area contributed by atoms with Gasteiger partial charge in [-0.25, -0.2) is 0 Å². The average Bonchev–Trinajstić information content (AvgIpc) is 2.92. The van der Waals surface area contributed by atoms with E-state index in [1.54, 1.807) is 17.8 Å². The maximum atomic E-state index is 8.81. The lowest BCUT2D eigenvalue weighted by molar-refractivity contribution is 0.290. The molecule has 0 aliphatic rings. The molecule has 0 aliphatic heterocycles. The summed E-state index contributed by atoms with van der Waals surface area (Å²) in [6.45, 7) is 2.92. The van der Waals surface area contributed by atoms with Gasteiger partial charge in [0.2, 0.25) is 0 Å². The molecule has 2 rings (SSSR count). The lowest BCUT2D eigenvalue weighted by Crippen LogP contribution is -2.10. The number of hydrogen-bond donors (Lipinski definition) is 1. The first-order valence-corrected chi connectivity index (χ1v) is 5.69. The Kier molecular flexibility index (Phi) is 3.96. The molecule has 0 saturated heterocycles. The van der Waals surface area contributed by atoms with Gasteiger partial charge in [0, 0.05) is 18.0 Å². The van der Waals surface area contributed by atoms with Gasteiger partial charge in [0.25, 0.3) is 0 Å². The molecule has 0 radical (unpaired) electrons. The summed E-state index contributed by atoms with van der Waals surface area (Å²) in [5.74, 6) is 0.708. The van der Waals surface area contributed by atoms with E-state index in [4.69, 9.17) is 9.94 Å². The number of para-hydroxylation sites is 1. The molecule has 94 valence electrons. The Hall–Kier alpha value is -2.30. The Bertz CT molecular complexity index is 521. The predicted molar refractivity (Wildman–Crippen MR) is 68.2 cm³/mol. The lowest BCUT2D eigenvalue weighted by Gasteiger charge is -2.10. The van der Waals surface area contributed by atoms with Crippen LogP contribution in [0.15, 0.2) is 47.9 Å². The van der Waals surface area contributed by atoms with Crippen LogP contribution in [-0.2, 0) is 6.54 Å². The minimum atomic E-state index is 0.511. The average molecular weight is 245 g/mol. The zero-order chi connectivity index (χ0) is 12.8. The maximum absolute atomic E-state index is 8.81. The summed E-state index contributed by atoms with van der Waals surface area (Å²) in [6, 6.07) is 9.35. The van der Waals surface area contributed by atoms with Crippen LogP contribution in [0.2, 0.25) is 0 Å². The molecule has 0 bridgehead atoms. The smallest absolute Gasteiger partial charge is 0.128 e. The highest BCUT2D eigenvalue weighted by atomic mass is 16.5. The van der Waals surface area contributed by atoms with Crippen molar-refractivity contribution in [3.8, 4) is 5.75 Å². The van der Waals surface area contributed by atoms with Gasteiger partial charge >= 0.3 is 0 Å². The fourth-order valence-corrected chi connectivity index (χ4v) is 1.63. The van der Waals surface area contributed by atoms with Crippen LogP contribution in [-0.4, -0.2) is 27.3 Å². The van der Waals surface area contributed by atoms with Gasteiger partial charge in [0.15, 0.2) is 0 Å². The Balaban J connectivity index is 2.01. The zero-order valence-corrected chi connectivity index (χ0v) is 10.2. The summed E-state index contributed by atoms with van der Waals surface area (Å²) in [5, 5.41) is 16.1. The van der Waals surface area contributed by atoms with E-state index in [9.17, 15) is 0 Å². The molecule has 0 saturated carbocycles. The van der Waals surface area contributed by atoms with Gasteiger partial charge in [0.05, 0.1) is 12.3 Å². The number of hydrogen-bond acceptors (Lipinski definition) is 4. The van der Waals surface area contributed by atoms with Gasteiger partial charge in [-0.1, -0.05) is 17.3 Å². The largest absolute Gasteiger partial charge is 0.491 e. The topological polar surface area (TPSA) is 59.6 Å². The fraction of sp³-hybridized carbons (Fsp3) is 0.231. The lowest BCUT2D eigenvalue weighted by atomic mass is 10.1. The Morgan fingerprint density at radius 1 is 1.39 bits per heavy atom. The van der Waals surface area contributed by atoms with E-state index in [1.807, 2.05) is 36.5 Å². The second-order valence-electron chi connectivity index (χ2n) is 3.80. The SMILES string of the molecule is C/C(=N/O)c1ccccc1OCCn1cccn1. The Morgan fingerprint density at radius 3 is 2.94 bits per heavy atom. The Labute approximate surface area is 105 Å². The van der Waals surface area contributed by atoms with Gasteiger partial charge < -0.3 is 9.94 Å². The molecule has 0 amide bonds. The van der Waals surface area contributed by atoms with Crippen LogP contribution in [0.25, 0.3) is 0 Å². The van der Waals surface area contributed by atoms with Crippen molar-refractivity contribution in [2.45, 2.75) is 13.5 Å². The highest BCUT2D eigenvalue weighted by molar-refractivity contribution is 6.00. The van der Waals surface area contributed by atoms with Gasteiger partial charge in [0.1, 0.15) is 12.4 Å². The van der Waals surface area contributed by atoms with E-state index in [1.165, 1.54) is 0 Å². The monoisotopic (exact) mass is 245 g/mol. The summed E-state index contributed by atoms with van der Waals surface area (Å²) >= 11 is 0. The maximum Gasteiger partial charge on any atom is 0.128 e. The Morgan fingerprint density at radius 2 is 2.22 bits per heavy atom. The third-order valence-electron chi connectivity index (χ3n) is 2.56. The second-order valence-corrected chi connectivity index (χ2v) is 3.80. The third kappa shape index (κ3) is 2.88. The molecule has 0 atom stereocenters. The van der Waals surface area contributed by atoms with Crippen molar-refractivity contribution in [1.29, 1.82) is 0 Å². The van der Waals surface area contributed by atoms with E-state index >= 15 is 0 Å². The number of oxime groups is 1. The fourth-order valence-electron chi connectivity index (χ4n) is 1.63. The van der Waals surface area contributed by atoms with Crippen molar-refractivity contribution < 1.29 is 9.94 Å². The summed E-state index contributed by atoms with van der Waals surface area (Å²) in [4.78, 5) is 0. The van der Waals surface area contributed by atoms with Crippen molar-refractivity contribution in [2.24, 2.45) is 5.16 Å². The zero-order valence-electron chi connectivity index (χ0n) is 10.2. The molecule has 0 fully saturated rings. The number of ether oxygens (including phenoxy) is 1. The van der Waals surface area contributed by atoms with Crippen LogP contribution in [0.4, 0.5) is 0 Å². The highest BCUT2D eigenvalue weighted by Gasteiger charge is 2.06. The number of nitrogens with zero attached hydrogens (tertiary/aromatic N) is 3. The van der Waals surface area contributed by atoms with Crippen molar-refractivity contribution >= 4 is 5.71 Å². The molecule has 1 aromatic carbocycles. The van der Waals surface area contributed by atoms with Gasteiger partial charge in [-0.3, -0.25) is 4.68 Å². The predicted octanol–water partition coefficient (Wildman–Crippen LogP) is 2.16. The standard InChI is InChI=1S/C13H15N3O2/c1-11(15-17)12-5-2-3-6-13(12)18-10-9-16-8-4-7-14-16/h2-8,17H,9-10H2,1H3/b15-11-. The number of rotatable bonds is 5. The first kappa shape index (κ1) is 12.2. The summed E-state index contributed by atoms with van der Waals surface area (Å²) in [6.07, 6.45) is 3.62. The van der Waals surface area contributed by atoms with E-state index in [-0.39, 0.29) is 0 Å². The van der Waals surface area contributed by atoms with Crippen LogP contribution in [0.3, 0.4) is 0 Å². The highest BCUT2D eigenvalue weighted by Crippen LogP contribution is 2.18.